The zero-order valence-electron chi connectivity index (χ0n) is 14.0. The second-order valence-corrected chi connectivity index (χ2v) is 5.86. The van der Waals surface area contributed by atoms with Gasteiger partial charge in [-0.2, -0.15) is 0 Å². The van der Waals surface area contributed by atoms with E-state index in [9.17, 15) is 13.2 Å². The van der Waals surface area contributed by atoms with Gasteiger partial charge in [-0.15, -0.1) is 13.2 Å². The molecule has 2 atom stereocenters. The lowest BCUT2D eigenvalue weighted by atomic mass is 10.1. The summed E-state index contributed by atoms with van der Waals surface area (Å²) in [5.41, 5.74) is 7.12. The lowest BCUT2D eigenvalue weighted by molar-refractivity contribution is -0.274. The standard InChI is InChI=1S/C18H18F3N3O2/c1-25-12-8-6-11(7-9-12)23-17(22)24-15-10-14(15)13-4-2-3-5-16(13)26-18(19,20)21/h2-9,14-15H,10H2,1H3,(H3,22,23,24). The van der Waals surface area contributed by atoms with Crippen LogP contribution in [0.4, 0.5) is 18.9 Å². The summed E-state index contributed by atoms with van der Waals surface area (Å²) in [4.78, 5) is 4.34. The molecule has 3 rings (SSSR count). The Morgan fingerprint density at radius 2 is 1.85 bits per heavy atom. The molecule has 1 saturated carbocycles. The van der Waals surface area contributed by atoms with Crippen molar-refractivity contribution in [3.05, 3.63) is 54.1 Å². The highest BCUT2D eigenvalue weighted by Gasteiger charge is 2.42. The van der Waals surface area contributed by atoms with Crippen LogP contribution >= 0.6 is 0 Å². The Morgan fingerprint density at radius 3 is 2.50 bits per heavy atom. The summed E-state index contributed by atoms with van der Waals surface area (Å²) in [7, 11) is 1.58. The molecule has 5 nitrogen and oxygen atoms in total. The van der Waals surface area contributed by atoms with Gasteiger partial charge >= 0.3 is 6.36 Å². The molecule has 1 aliphatic rings. The summed E-state index contributed by atoms with van der Waals surface area (Å²) >= 11 is 0. The molecule has 2 aromatic carbocycles. The van der Waals surface area contributed by atoms with Crippen LogP contribution in [-0.4, -0.2) is 25.5 Å². The van der Waals surface area contributed by atoms with Gasteiger partial charge in [0.05, 0.1) is 13.2 Å². The van der Waals surface area contributed by atoms with Gasteiger partial charge in [-0.25, -0.2) is 4.99 Å². The van der Waals surface area contributed by atoms with Crippen molar-refractivity contribution in [2.75, 3.05) is 12.4 Å². The Morgan fingerprint density at radius 1 is 1.15 bits per heavy atom. The van der Waals surface area contributed by atoms with E-state index in [0.29, 0.717) is 12.0 Å². The molecule has 2 unspecified atom stereocenters. The summed E-state index contributed by atoms with van der Waals surface area (Å²) < 4.78 is 46.7. The first-order valence-electron chi connectivity index (χ1n) is 7.95. The van der Waals surface area contributed by atoms with Crippen molar-refractivity contribution in [3.8, 4) is 11.5 Å². The fourth-order valence-electron chi connectivity index (χ4n) is 2.70. The molecule has 0 amide bonds. The molecule has 2 aromatic rings. The van der Waals surface area contributed by atoms with Gasteiger partial charge in [-0.3, -0.25) is 0 Å². The molecule has 0 radical (unpaired) electrons. The number of rotatable bonds is 5. The van der Waals surface area contributed by atoms with E-state index in [1.807, 2.05) is 0 Å². The maximum atomic E-state index is 12.5. The van der Waals surface area contributed by atoms with Gasteiger partial charge < -0.3 is 20.5 Å². The van der Waals surface area contributed by atoms with Crippen molar-refractivity contribution >= 4 is 11.6 Å². The van der Waals surface area contributed by atoms with Gasteiger partial charge in [0.2, 0.25) is 0 Å². The Balaban J connectivity index is 1.65. The molecule has 26 heavy (non-hydrogen) atoms. The number of halogens is 3. The van der Waals surface area contributed by atoms with Gasteiger partial charge in [0.15, 0.2) is 5.96 Å². The van der Waals surface area contributed by atoms with E-state index >= 15 is 0 Å². The number of nitrogens with two attached hydrogens (primary N) is 1. The molecule has 3 N–H and O–H groups in total. The highest BCUT2D eigenvalue weighted by molar-refractivity contribution is 5.92. The van der Waals surface area contributed by atoms with Crippen LogP contribution in [0.5, 0.6) is 11.5 Å². The molecule has 0 spiro atoms. The van der Waals surface area contributed by atoms with E-state index in [0.717, 1.165) is 11.4 Å². The van der Waals surface area contributed by atoms with E-state index < -0.39 is 6.36 Å². The van der Waals surface area contributed by atoms with E-state index in [2.05, 4.69) is 15.0 Å². The van der Waals surface area contributed by atoms with E-state index in [4.69, 9.17) is 10.5 Å². The van der Waals surface area contributed by atoms with Crippen LogP contribution in [0.25, 0.3) is 0 Å². The molecule has 1 fully saturated rings. The molecular weight excluding hydrogens is 347 g/mol. The van der Waals surface area contributed by atoms with Crippen molar-refractivity contribution in [1.82, 2.24) is 0 Å². The topological polar surface area (TPSA) is 68.9 Å². The first kappa shape index (κ1) is 17.9. The zero-order chi connectivity index (χ0) is 18.7. The largest absolute Gasteiger partial charge is 0.573 e. The predicted octanol–water partition coefficient (Wildman–Crippen LogP) is 3.88. The molecule has 138 valence electrons. The number of guanidine groups is 1. The van der Waals surface area contributed by atoms with Crippen LogP contribution in [0.1, 0.15) is 17.9 Å². The molecule has 0 saturated heterocycles. The van der Waals surface area contributed by atoms with Gasteiger partial charge in [-0.1, -0.05) is 18.2 Å². The number of nitrogens with one attached hydrogen (secondary N) is 1. The van der Waals surface area contributed by atoms with Crippen LogP contribution in [-0.2, 0) is 0 Å². The van der Waals surface area contributed by atoms with Gasteiger partial charge in [-0.05, 0) is 42.3 Å². The monoisotopic (exact) mass is 365 g/mol. The number of hydrogen-bond acceptors (Lipinski definition) is 3. The number of para-hydroxylation sites is 1. The summed E-state index contributed by atoms with van der Waals surface area (Å²) in [5, 5.41) is 2.95. The summed E-state index contributed by atoms with van der Waals surface area (Å²) in [6, 6.07) is 13.1. The first-order valence-corrected chi connectivity index (χ1v) is 7.95. The fraction of sp³-hybridized carbons (Fsp3) is 0.278. The Hall–Kier alpha value is -2.90. The van der Waals surface area contributed by atoms with Crippen LogP contribution in [0.3, 0.4) is 0 Å². The quantitative estimate of drug-likeness (QED) is 0.623. The predicted molar refractivity (Wildman–Crippen MR) is 92.5 cm³/mol. The first-order chi connectivity index (χ1) is 12.4. The third-order valence-electron chi connectivity index (χ3n) is 3.97. The summed E-state index contributed by atoms with van der Waals surface area (Å²) in [6.45, 7) is 0. The minimum Gasteiger partial charge on any atom is -0.497 e. The van der Waals surface area contributed by atoms with Gasteiger partial charge in [0.25, 0.3) is 0 Å². The van der Waals surface area contributed by atoms with Crippen LogP contribution in [0.15, 0.2) is 53.5 Å². The second-order valence-electron chi connectivity index (χ2n) is 5.86. The number of anilines is 1. The Kier molecular flexibility index (Phi) is 4.92. The number of ether oxygens (including phenoxy) is 2. The van der Waals surface area contributed by atoms with E-state index in [1.54, 1.807) is 43.5 Å². The van der Waals surface area contributed by atoms with E-state index in [-0.39, 0.29) is 23.7 Å². The Labute approximate surface area is 148 Å². The number of hydrogen-bond donors (Lipinski definition) is 2. The summed E-state index contributed by atoms with van der Waals surface area (Å²) in [6.07, 6.45) is -4.11. The molecule has 8 heteroatoms. The summed E-state index contributed by atoms with van der Waals surface area (Å²) in [5.74, 6) is 0.584. The van der Waals surface area contributed by atoms with Crippen molar-refractivity contribution in [2.24, 2.45) is 10.7 Å². The lowest BCUT2D eigenvalue weighted by Gasteiger charge is -2.12. The second kappa shape index (κ2) is 7.15. The minimum atomic E-state index is -4.72. The van der Waals surface area contributed by atoms with Gasteiger partial charge in [0.1, 0.15) is 11.5 Å². The molecular formula is C18H18F3N3O2. The zero-order valence-corrected chi connectivity index (χ0v) is 14.0. The molecule has 1 aliphatic carbocycles. The highest BCUT2D eigenvalue weighted by atomic mass is 19.4. The van der Waals surface area contributed by atoms with Crippen LogP contribution in [0.2, 0.25) is 0 Å². The van der Waals surface area contributed by atoms with E-state index in [1.165, 1.54) is 12.1 Å². The van der Waals surface area contributed by atoms with Crippen LogP contribution < -0.4 is 20.5 Å². The number of benzene rings is 2. The number of aliphatic imine (C=N–C) groups is 1. The number of nitrogens with zero attached hydrogens (tertiary/aromatic N) is 1. The highest BCUT2D eigenvalue weighted by Crippen LogP contribution is 2.47. The normalized spacial score (nSPS) is 19.8. The lowest BCUT2D eigenvalue weighted by Crippen LogP contribution is -2.23. The fourth-order valence-corrected chi connectivity index (χ4v) is 2.70. The molecule has 0 aliphatic heterocycles. The van der Waals surface area contributed by atoms with Crippen LogP contribution in [0, 0.1) is 0 Å². The number of methoxy groups -OCH3 is 1. The maximum Gasteiger partial charge on any atom is 0.573 e. The van der Waals surface area contributed by atoms with Crippen molar-refractivity contribution < 1.29 is 22.6 Å². The Bertz CT molecular complexity index is 791. The molecule has 0 bridgehead atoms. The number of alkyl halides is 3. The van der Waals surface area contributed by atoms with Gasteiger partial charge in [0, 0.05) is 11.6 Å². The van der Waals surface area contributed by atoms with Crippen molar-refractivity contribution in [1.29, 1.82) is 0 Å². The SMILES string of the molecule is COc1ccc(NC(N)=NC2CC2c2ccccc2OC(F)(F)F)cc1. The average Bonchev–Trinajstić information content (AvgIpc) is 3.33. The van der Waals surface area contributed by atoms with Crippen molar-refractivity contribution in [2.45, 2.75) is 24.7 Å². The molecule has 0 heterocycles. The maximum absolute atomic E-state index is 12.5. The average molecular weight is 365 g/mol. The third-order valence-corrected chi connectivity index (χ3v) is 3.97. The molecule has 0 aromatic heterocycles. The van der Waals surface area contributed by atoms with Crippen molar-refractivity contribution in [3.63, 3.8) is 0 Å². The smallest absolute Gasteiger partial charge is 0.497 e. The third kappa shape index (κ3) is 4.59. The minimum absolute atomic E-state index is 0.148.